The van der Waals surface area contributed by atoms with E-state index in [2.05, 4.69) is 32.8 Å². The topological polar surface area (TPSA) is 84.5 Å². The van der Waals surface area contributed by atoms with E-state index in [1.54, 1.807) is 24.3 Å². The molecule has 0 aromatic heterocycles. The van der Waals surface area contributed by atoms with E-state index < -0.39 is 9.84 Å². The summed E-state index contributed by atoms with van der Waals surface area (Å²) in [6, 6.07) is 6.53. The van der Waals surface area contributed by atoms with Crippen molar-refractivity contribution in [3.63, 3.8) is 0 Å². The second-order valence-electron chi connectivity index (χ2n) is 4.36. The minimum atomic E-state index is -3.32. The molecule has 0 aliphatic heterocycles. The van der Waals surface area contributed by atoms with Gasteiger partial charge in [0.1, 0.15) is 0 Å². The number of hydrogen-bond donors (Lipinski definition) is 2. The Balaban J connectivity index is 2.54. The van der Waals surface area contributed by atoms with Gasteiger partial charge < -0.3 is 11.1 Å². The van der Waals surface area contributed by atoms with Crippen LogP contribution >= 0.6 is 15.9 Å². The third-order valence-corrected chi connectivity index (χ3v) is 4.63. The van der Waals surface area contributed by atoms with Crippen LogP contribution in [0.5, 0.6) is 0 Å². The first-order valence-corrected chi connectivity index (χ1v) is 8.42. The molecule has 3 N–H and O–H groups in total. The summed E-state index contributed by atoms with van der Waals surface area (Å²) in [4.78, 5) is 4.30. The highest BCUT2D eigenvalue weighted by molar-refractivity contribution is 9.10. The second-order valence-corrected chi connectivity index (χ2v) is 7.38. The van der Waals surface area contributed by atoms with Gasteiger partial charge in [0, 0.05) is 11.0 Å². The van der Waals surface area contributed by atoms with Crippen LogP contribution in [-0.2, 0) is 9.84 Å². The number of sulfone groups is 1. The molecule has 0 unspecified atom stereocenters. The molecule has 0 radical (unpaired) electrons. The Morgan fingerprint density at radius 3 is 2.55 bits per heavy atom. The molecule has 0 bridgehead atoms. The maximum atomic E-state index is 12.0. The molecule has 1 aromatic rings. The van der Waals surface area contributed by atoms with Gasteiger partial charge in [0.05, 0.1) is 17.2 Å². The van der Waals surface area contributed by atoms with Crippen molar-refractivity contribution in [3.8, 4) is 0 Å². The van der Waals surface area contributed by atoms with Crippen molar-refractivity contribution in [2.45, 2.75) is 11.8 Å². The number of halogens is 1. The molecule has 7 heteroatoms. The maximum absolute atomic E-state index is 12.0. The van der Waals surface area contributed by atoms with E-state index in [1.807, 2.05) is 6.92 Å². The third kappa shape index (κ3) is 5.75. The van der Waals surface area contributed by atoms with Crippen LogP contribution in [0.15, 0.2) is 50.8 Å². The highest BCUT2D eigenvalue weighted by Crippen LogP contribution is 2.15. The van der Waals surface area contributed by atoms with Gasteiger partial charge in [-0.25, -0.2) is 13.4 Å². The number of nitrogens with two attached hydrogens (primary N) is 1. The van der Waals surface area contributed by atoms with Gasteiger partial charge in [-0.05, 0) is 31.2 Å². The predicted molar refractivity (Wildman–Crippen MR) is 85.5 cm³/mol. The first kappa shape index (κ1) is 16.7. The standard InChI is InChI=1S/C13H18BrN3O2S/c1-10(2)9-17-13(15)16-7-8-20(18,19)12-5-3-11(14)4-6-12/h3-6H,1,7-9H2,2H3,(H3,15,16,17). The second kappa shape index (κ2) is 7.44. The fourth-order valence-corrected chi connectivity index (χ4v) is 2.77. The molecular formula is C13H18BrN3O2S. The Hall–Kier alpha value is -1.34. The van der Waals surface area contributed by atoms with Gasteiger partial charge >= 0.3 is 0 Å². The van der Waals surface area contributed by atoms with Crippen LogP contribution in [0.1, 0.15) is 6.92 Å². The largest absolute Gasteiger partial charge is 0.370 e. The fourth-order valence-electron chi connectivity index (χ4n) is 1.35. The number of nitrogens with one attached hydrogen (secondary N) is 1. The van der Waals surface area contributed by atoms with Crippen LogP contribution in [0, 0.1) is 0 Å². The first-order chi connectivity index (χ1) is 9.31. The number of benzene rings is 1. The van der Waals surface area contributed by atoms with Crippen molar-refractivity contribution in [1.82, 2.24) is 5.32 Å². The van der Waals surface area contributed by atoms with Crippen LogP contribution in [0.25, 0.3) is 0 Å². The van der Waals surface area contributed by atoms with E-state index in [1.165, 1.54) is 0 Å². The SMILES string of the molecule is C=C(C)CN=C(N)NCCS(=O)(=O)c1ccc(Br)cc1. The van der Waals surface area contributed by atoms with Crippen LogP contribution in [0.4, 0.5) is 0 Å². The third-order valence-electron chi connectivity index (χ3n) is 2.37. The van der Waals surface area contributed by atoms with Gasteiger partial charge in [0.2, 0.25) is 0 Å². The van der Waals surface area contributed by atoms with Crippen molar-refractivity contribution in [3.05, 3.63) is 40.9 Å². The van der Waals surface area contributed by atoms with E-state index >= 15 is 0 Å². The number of rotatable bonds is 6. The molecule has 0 saturated carbocycles. The summed E-state index contributed by atoms with van der Waals surface area (Å²) in [5, 5.41) is 2.77. The van der Waals surface area contributed by atoms with Gasteiger partial charge in [0.15, 0.2) is 15.8 Å². The van der Waals surface area contributed by atoms with E-state index in [4.69, 9.17) is 5.73 Å². The van der Waals surface area contributed by atoms with Gasteiger partial charge in [0.25, 0.3) is 0 Å². The molecule has 0 saturated heterocycles. The number of hydrogen-bond acceptors (Lipinski definition) is 3. The Labute approximate surface area is 128 Å². The number of nitrogens with zero attached hydrogens (tertiary/aromatic N) is 1. The maximum Gasteiger partial charge on any atom is 0.188 e. The minimum Gasteiger partial charge on any atom is -0.370 e. The van der Waals surface area contributed by atoms with E-state index in [0.717, 1.165) is 10.0 Å². The molecule has 0 aliphatic carbocycles. The van der Waals surface area contributed by atoms with E-state index in [9.17, 15) is 8.42 Å². The molecule has 1 aromatic carbocycles. The average molecular weight is 360 g/mol. The molecule has 0 amide bonds. The van der Waals surface area contributed by atoms with Crippen LogP contribution in [0.2, 0.25) is 0 Å². The minimum absolute atomic E-state index is 0.0437. The molecule has 5 nitrogen and oxygen atoms in total. The Kier molecular flexibility index (Phi) is 6.22. The lowest BCUT2D eigenvalue weighted by Crippen LogP contribution is -2.35. The zero-order valence-electron chi connectivity index (χ0n) is 11.3. The average Bonchev–Trinajstić information content (AvgIpc) is 2.36. The quantitative estimate of drug-likeness (QED) is 0.460. The monoisotopic (exact) mass is 359 g/mol. The zero-order valence-corrected chi connectivity index (χ0v) is 13.7. The van der Waals surface area contributed by atoms with E-state index in [-0.39, 0.29) is 18.3 Å². The van der Waals surface area contributed by atoms with Crippen molar-refractivity contribution >= 4 is 31.7 Å². The summed E-state index contributed by atoms with van der Waals surface area (Å²) in [7, 11) is -3.32. The van der Waals surface area contributed by atoms with Crippen LogP contribution in [0.3, 0.4) is 0 Å². The fraction of sp³-hybridized carbons (Fsp3) is 0.308. The summed E-state index contributed by atoms with van der Waals surface area (Å²) in [6.45, 7) is 6.19. The van der Waals surface area contributed by atoms with Crippen molar-refractivity contribution < 1.29 is 8.42 Å². The predicted octanol–water partition coefficient (Wildman–Crippen LogP) is 1.70. The molecule has 0 atom stereocenters. The molecular weight excluding hydrogens is 342 g/mol. The van der Waals surface area contributed by atoms with Crippen molar-refractivity contribution in [2.75, 3.05) is 18.8 Å². The smallest absolute Gasteiger partial charge is 0.188 e. The number of guanidine groups is 1. The molecule has 110 valence electrons. The van der Waals surface area contributed by atoms with E-state index in [0.29, 0.717) is 11.4 Å². The Bertz CT molecular complexity index is 595. The molecule has 0 spiro atoms. The molecule has 0 fully saturated rings. The van der Waals surface area contributed by atoms with Gasteiger partial charge in [-0.1, -0.05) is 28.1 Å². The highest BCUT2D eigenvalue weighted by Gasteiger charge is 2.13. The zero-order chi connectivity index (χ0) is 15.2. The van der Waals surface area contributed by atoms with Crippen molar-refractivity contribution in [1.29, 1.82) is 0 Å². The summed E-state index contributed by atoms with van der Waals surface area (Å²) >= 11 is 3.27. The van der Waals surface area contributed by atoms with Crippen LogP contribution in [-0.4, -0.2) is 33.2 Å². The van der Waals surface area contributed by atoms with Crippen LogP contribution < -0.4 is 11.1 Å². The van der Waals surface area contributed by atoms with Gasteiger partial charge in [-0.15, -0.1) is 0 Å². The summed E-state index contributed by atoms with van der Waals surface area (Å²) in [5.74, 6) is 0.178. The molecule has 0 heterocycles. The van der Waals surface area contributed by atoms with Gasteiger partial charge in [-0.3, -0.25) is 0 Å². The van der Waals surface area contributed by atoms with Crippen molar-refractivity contribution in [2.24, 2.45) is 10.7 Å². The summed E-state index contributed by atoms with van der Waals surface area (Å²) in [6.07, 6.45) is 0. The molecule has 20 heavy (non-hydrogen) atoms. The lowest BCUT2D eigenvalue weighted by atomic mass is 10.4. The summed E-state index contributed by atoms with van der Waals surface area (Å²) < 4.78 is 24.9. The molecule has 1 rings (SSSR count). The molecule has 0 aliphatic rings. The van der Waals surface area contributed by atoms with Gasteiger partial charge in [-0.2, -0.15) is 0 Å². The first-order valence-electron chi connectivity index (χ1n) is 5.98. The lowest BCUT2D eigenvalue weighted by molar-refractivity contribution is 0.594. The number of aliphatic imine (C=N–C) groups is 1. The normalized spacial score (nSPS) is 12.2. The Morgan fingerprint density at radius 1 is 1.40 bits per heavy atom. The Morgan fingerprint density at radius 2 is 2.00 bits per heavy atom. The lowest BCUT2D eigenvalue weighted by Gasteiger charge is -2.07. The highest BCUT2D eigenvalue weighted by atomic mass is 79.9. The summed E-state index contributed by atoms with van der Waals surface area (Å²) in [5.41, 5.74) is 6.49.